The number of rotatable bonds is 3. The van der Waals surface area contributed by atoms with Gasteiger partial charge in [-0.2, -0.15) is 0 Å². The molecule has 0 amide bonds. The van der Waals surface area contributed by atoms with Crippen LogP contribution in [0.4, 0.5) is 0 Å². The molecule has 1 aliphatic rings. The maximum absolute atomic E-state index is 11.2. The van der Waals surface area contributed by atoms with Crippen molar-refractivity contribution in [3.05, 3.63) is 0 Å². The lowest BCUT2D eigenvalue weighted by atomic mass is 9.85. The quantitative estimate of drug-likeness (QED) is 0.574. The Morgan fingerprint density at radius 1 is 1.73 bits per heavy atom. The summed E-state index contributed by atoms with van der Waals surface area (Å²) in [6, 6.07) is 0. The number of hydrogen-bond acceptors (Lipinski definition) is 3. The molecule has 0 radical (unpaired) electrons. The zero-order chi connectivity index (χ0) is 8.32. The highest BCUT2D eigenvalue weighted by atomic mass is 16.5. The molecule has 1 heterocycles. The zero-order valence-corrected chi connectivity index (χ0v) is 7.05. The van der Waals surface area contributed by atoms with Gasteiger partial charge in [-0.05, 0) is 12.8 Å². The Kier molecular flexibility index (Phi) is 2.49. The van der Waals surface area contributed by atoms with Crippen LogP contribution in [0.2, 0.25) is 0 Å². The number of esters is 1. The summed E-state index contributed by atoms with van der Waals surface area (Å²) in [7, 11) is 1.61. The summed E-state index contributed by atoms with van der Waals surface area (Å²) in [5, 5.41) is 0. The molecule has 1 unspecified atom stereocenters. The van der Waals surface area contributed by atoms with Gasteiger partial charge in [0.15, 0.2) is 0 Å². The molecule has 64 valence electrons. The van der Waals surface area contributed by atoms with E-state index in [1.807, 2.05) is 6.92 Å². The van der Waals surface area contributed by atoms with Gasteiger partial charge in [-0.25, -0.2) is 0 Å². The van der Waals surface area contributed by atoms with Gasteiger partial charge in [0.25, 0.3) is 0 Å². The van der Waals surface area contributed by atoms with Crippen molar-refractivity contribution in [3.8, 4) is 0 Å². The molecule has 3 heteroatoms. The van der Waals surface area contributed by atoms with E-state index >= 15 is 0 Å². The monoisotopic (exact) mass is 158 g/mol. The molecule has 1 rings (SSSR count). The Morgan fingerprint density at radius 3 is 2.82 bits per heavy atom. The van der Waals surface area contributed by atoms with Gasteiger partial charge in [0.1, 0.15) is 0 Å². The van der Waals surface area contributed by atoms with Crippen molar-refractivity contribution in [2.24, 2.45) is 5.41 Å². The molecule has 11 heavy (non-hydrogen) atoms. The first-order chi connectivity index (χ1) is 5.25. The zero-order valence-electron chi connectivity index (χ0n) is 7.05. The Balaban J connectivity index is 2.65. The van der Waals surface area contributed by atoms with Crippen molar-refractivity contribution in [1.29, 1.82) is 0 Å². The van der Waals surface area contributed by atoms with E-state index < -0.39 is 0 Å². The summed E-state index contributed by atoms with van der Waals surface area (Å²) in [5.41, 5.74) is -0.339. The molecule has 0 aromatic rings. The average molecular weight is 158 g/mol. The van der Waals surface area contributed by atoms with E-state index in [-0.39, 0.29) is 11.4 Å². The van der Waals surface area contributed by atoms with Crippen molar-refractivity contribution in [3.63, 3.8) is 0 Å². The van der Waals surface area contributed by atoms with Gasteiger partial charge >= 0.3 is 5.97 Å². The summed E-state index contributed by atoms with van der Waals surface area (Å²) < 4.78 is 9.88. The molecular formula is C8H14O3. The van der Waals surface area contributed by atoms with Crippen LogP contribution in [0.5, 0.6) is 0 Å². The van der Waals surface area contributed by atoms with Crippen LogP contribution in [0.3, 0.4) is 0 Å². The summed E-state index contributed by atoms with van der Waals surface area (Å²) in [4.78, 5) is 11.2. The number of ether oxygens (including phenoxy) is 2. The van der Waals surface area contributed by atoms with Crippen molar-refractivity contribution >= 4 is 5.97 Å². The topological polar surface area (TPSA) is 35.5 Å². The van der Waals surface area contributed by atoms with Crippen LogP contribution in [0.25, 0.3) is 0 Å². The van der Waals surface area contributed by atoms with E-state index in [2.05, 4.69) is 0 Å². The molecule has 0 aliphatic carbocycles. The van der Waals surface area contributed by atoms with Gasteiger partial charge in [0, 0.05) is 7.11 Å². The van der Waals surface area contributed by atoms with Crippen molar-refractivity contribution < 1.29 is 14.3 Å². The average Bonchev–Trinajstić information content (AvgIpc) is 2.35. The smallest absolute Gasteiger partial charge is 0.314 e. The lowest BCUT2D eigenvalue weighted by Gasteiger charge is -2.20. The van der Waals surface area contributed by atoms with E-state index in [1.165, 1.54) is 0 Å². The van der Waals surface area contributed by atoms with E-state index in [0.29, 0.717) is 13.2 Å². The van der Waals surface area contributed by atoms with Crippen molar-refractivity contribution in [2.45, 2.75) is 19.8 Å². The van der Waals surface area contributed by atoms with E-state index in [9.17, 15) is 4.79 Å². The van der Waals surface area contributed by atoms with Crippen LogP contribution in [-0.2, 0) is 14.3 Å². The minimum atomic E-state index is -0.339. The van der Waals surface area contributed by atoms with Crippen molar-refractivity contribution in [1.82, 2.24) is 0 Å². The molecule has 0 aromatic carbocycles. The SMILES string of the molecule is CCC1(COC)CCOC1=O. The Bertz CT molecular complexity index is 155. The minimum absolute atomic E-state index is 0.0955. The Hall–Kier alpha value is -0.570. The maximum atomic E-state index is 11.2. The molecule has 0 spiro atoms. The Labute approximate surface area is 66.7 Å². The number of carbonyl (C=O) groups excluding carboxylic acids is 1. The first-order valence-corrected chi connectivity index (χ1v) is 3.91. The van der Waals surface area contributed by atoms with Gasteiger partial charge in [-0.3, -0.25) is 4.79 Å². The van der Waals surface area contributed by atoms with Crippen LogP contribution in [0, 0.1) is 5.41 Å². The first-order valence-electron chi connectivity index (χ1n) is 3.91. The van der Waals surface area contributed by atoms with Crippen LogP contribution >= 0.6 is 0 Å². The fraction of sp³-hybridized carbons (Fsp3) is 0.875. The maximum Gasteiger partial charge on any atom is 0.314 e. The molecule has 1 aliphatic heterocycles. The molecule has 0 N–H and O–H groups in total. The van der Waals surface area contributed by atoms with E-state index in [1.54, 1.807) is 7.11 Å². The molecule has 0 bridgehead atoms. The second-order valence-corrected chi connectivity index (χ2v) is 2.95. The van der Waals surface area contributed by atoms with E-state index in [4.69, 9.17) is 9.47 Å². The van der Waals surface area contributed by atoms with Crippen LogP contribution < -0.4 is 0 Å². The third-order valence-electron chi connectivity index (χ3n) is 2.34. The lowest BCUT2D eigenvalue weighted by Crippen LogP contribution is -2.30. The normalized spacial score (nSPS) is 30.5. The number of carbonyl (C=O) groups is 1. The third kappa shape index (κ3) is 1.38. The second-order valence-electron chi connectivity index (χ2n) is 2.95. The van der Waals surface area contributed by atoms with Gasteiger partial charge in [-0.1, -0.05) is 6.92 Å². The first kappa shape index (κ1) is 8.53. The predicted octanol–water partition coefficient (Wildman–Crippen LogP) is 0.976. The standard InChI is InChI=1S/C8H14O3/c1-3-8(6-10-2)4-5-11-7(8)9/h3-6H2,1-2H3. The highest BCUT2D eigenvalue weighted by Crippen LogP contribution is 2.33. The second kappa shape index (κ2) is 3.22. The molecule has 1 atom stereocenters. The minimum Gasteiger partial charge on any atom is -0.465 e. The molecule has 3 nitrogen and oxygen atoms in total. The third-order valence-corrected chi connectivity index (χ3v) is 2.34. The van der Waals surface area contributed by atoms with Crippen LogP contribution in [-0.4, -0.2) is 26.3 Å². The molecule has 1 saturated heterocycles. The summed E-state index contributed by atoms with van der Waals surface area (Å²) >= 11 is 0. The van der Waals surface area contributed by atoms with Crippen LogP contribution in [0.1, 0.15) is 19.8 Å². The van der Waals surface area contributed by atoms with Crippen LogP contribution in [0.15, 0.2) is 0 Å². The predicted molar refractivity (Wildman–Crippen MR) is 40.2 cm³/mol. The number of hydrogen-bond donors (Lipinski definition) is 0. The summed E-state index contributed by atoms with van der Waals surface area (Å²) in [6.07, 6.45) is 1.61. The van der Waals surface area contributed by atoms with Gasteiger partial charge in [-0.15, -0.1) is 0 Å². The van der Waals surface area contributed by atoms with Gasteiger partial charge in [0.05, 0.1) is 18.6 Å². The lowest BCUT2D eigenvalue weighted by molar-refractivity contribution is -0.148. The van der Waals surface area contributed by atoms with Gasteiger partial charge < -0.3 is 9.47 Å². The fourth-order valence-corrected chi connectivity index (χ4v) is 1.42. The molecular weight excluding hydrogens is 144 g/mol. The molecule has 0 saturated carbocycles. The number of methoxy groups -OCH3 is 1. The molecule has 0 aromatic heterocycles. The summed E-state index contributed by atoms with van der Waals surface area (Å²) in [5.74, 6) is -0.0955. The van der Waals surface area contributed by atoms with Gasteiger partial charge in [0.2, 0.25) is 0 Å². The Morgan fingerprint density at radius 2 is 2.45 bits per heavy atom. The largest absolute Gasteiger partial charge is 0.465 e. The number of cyclic esters (lactones) is 1. The highest BCUT2D eigenvalue weighted by Gasteiger charge is 2.42. The molecule has 1 fully saturated rings. The highest BCUT2D eigenvalue weighted by molar-refractivity contribution is 5.78. The van der Waals surface area contributed by atoms with E-state index in [0.717, 1.165) is 12.8 Å². The summed E-state index contributed by atoms with van der Waals surface area (Å²) in [6.45, 7) is 3.03. The fourth-order valence-electron chi connectivity index (χ4n) is 1.42. The van der Waals surface area contributed by atoms with Crippen molar-refractivity contribution in [2.75, 3.05) is 20.3 Å².